The van der Waals surface area contributed by atoms with Gasteiger partial charge in [0, 0.05) is 23.0 Å². The van der Waals surface area contributed by atoms with Gasteiger partial charge in [0.1, 0.15) is 6.26 Å². The number of hydrogen-bond donors (Lipinski definition) is 1. The zero-order chi connectivity index (χ0) is 17.6. The van der Waals surface area contributed by atoms with Gasteiger partial charge in [-0.2, -0.15) is 0 Å². The maximum Gasteiger partial charge on any atom is 0.236 e. The monoisotopic (exact) mass is 394 g/mol. The average Bonchev–Trinajstić information content (AvgIpc) is 3.25. The van der Waals surface area contributed by atoms with Crippen LogP contribution in [0.1, 0.15) is 22.9 Å². The van der Waals surface area contributed by atoms with Crippen LogP contribution in [0.25, 0.3) is 10.8 Å². The van der Waals surface area contributed by atoms with Crippen LogP contribution in [0.3, 0.4) is 0 Å². The molecule has 0 radical (unpaired) electrons. The Kier molecular flexibility index (Phi) is 4.60. The van der Waals surface area contributed by atoms with Gasteiger partial charge < -0.3 is 9.52 Å². The number of aromatic nitrogens is 1. The molecule has 0 saturated heterocycles. The second kappa shape index (κ2) is 6.74. The van der Waals surface area contributed by atoms with Gasteiger partial charge in [-0.15, -0.1) is 11.3 Å². The SMILES string of the molecule is CN(Cc1coc(-c2cccs2)n1)[C@@H]1c2cc(Cl)cc(Cl)c2C[C@@H]1O. The first kappa shape index (κ1) is 17.1. The average molecular weight is 395 g/mol. The van der Waals surface area contributed by atoms with Crippen LogP contribution in [0.5, 0.6) is 0 Å². The molecule has 0 bridgehead atoms. The minimum absolute atomic E-state index is 0.173. The summed E-state index contributed by atoms with van der Waals surface area (Å²) in [7, 11) is 1.96. The molecule has 3 aromatic rings. The Morgan fingerprint density at radius 2 is 2.24 bits per heavy atom. The number of halogens is 2. The number of rotatable bonds is 4. The fraction of sp³-hybridized carbons (Fsp3) is 0.278. The molecule has 2 heterocycles. The first-order chi connectivity index (χ1) is 12.0. The van der Waals surface area contributed by atoms with E-state index >= 15 is 0 Å². The lowest BCUT2D eigenvalue weighted by atomic mass is 10.1. The summed E-state index contributed by atoms with van der Waals surface area (Å²) in [5.41, 5.74) is 2.77. The first-order valence-corrected chi connectivity index (χ1v) is 9.51. The Labute approximate surface area is 159 Å². The summed E-state index contributed by atoms with van der Waals surface area (Å²) in [5, 5.41) is 13.7. The predicted octanol–water partition coefficient (Wildman–Crippen LogP) is 4.80. The van der Waals surface area contributed by atoms with E-state index in [1.165, 1.54) is 0 Å². The van der Waals surface area contributed by atoms with E-state index in [0.717, 1.165) is 21.7 Å². The minimum Gasteiger partial charge on any atom is -0.444 e. The number of oxazole rings is 1. The molecular weight excluding hydrogens is 379 g/mol. The smallest absolute Gasteiger partial charge is 0.236 e. The molecule has 0 amide bonds. The number of likely N-dealkylation sites (N-methyl/N-ethyl adjacent to an activating group) is 1. The number of nitrogens with zero attached hydrogens (tertiary/aromatic N) is 2. The molecule has 1 aliphatic rings. The summed E-state index contributed by atoms with van der Waals surface area (Å²) < 4.78 is 5.58. The third-order valence-corrected chi connectivity index (χ3v) is 5.87. The van der Waals surface area contributed by atoms with Crippen molar-refractivity contribution in [3.63, 3.8) is 0 Å². The van der Waals surface area contributed by atoms with E-state index in [4.69, 9.17) is 27.6 Å². The molecule has 1 aromatic carbocycles. The Balaban J connectivity index is 1.57. The van der Waals surface area contributed by atoms with Crippen molar-refractivity contribution in [1.29, 1.82) is 0 Å². The Bertz CT molecular complexity index is 895. The van der Waals surface area contributed by atoms with Gasteiger partial charge in [0.2, 0.25) is 5.89 Å². The van der Waals surface area contributed by atoms with Crippen molar-refractivity contribution < 1.29 is 9.52 Å². The summed E-state index contributed by atoms with van der Waals surface area (Å²) >= 11 is 14.0. The highest BCUT2D eigenvalue weighted by Crippen LogP contribution is 2.41. The van der Waals surface area contributed by atoms with Crippen LogP contribution in [0.4, 0.5) is 0 Å². The fourth-order valence-electron chi connectivity index (χ4n) is 3.41. The second-order valence-corrected chi connectivity index (χ2v) is 8.00. The van der Waals surface area contributed by atoms with Crippen molar-refractivity contribution in [3.8, 4) is 10.8 Å². The number of aliphatic hydroxyl groups excluding tert-OH is 1. The molecule has 4 nitrogen and oxygen atoms in total. The molecule has 25 heavy (non-hydrogen) atoms. The molecule has 1 N–H and O–H groups in total. The summed E-state index contributed by atoms with van der Waals surface area (Å²) in [4.78, 5) is 7.60. The molecule has 1 aliphatic carbocycles. The maximum absolute atomic E-state index is 10.5. The van der Waals surface area contributed by atoms with E-state index < -0.39 is 6.10 Å². The third kappa shape index (κ3) is 3.23. The molecule has 7 heteroatoms. The van der Waals surface area contributed by atoms with Gasteiger partial charge in [0.15, 0.2) is 0 Å². The molecule has 2 atom stereocenters. The number of benzene rings is 1. The molecule has 130 valence electrons. The highest BCUT2D eigenvalue weighted by atomic mass is 35.5. The van der Waals surface area contributed by atoms with Gasteiger partial charge in [-0.1, -0.05) is 29.3 Å². The van der Waals surface area contributed by atoms with Crippen molar-refractivity contribution in [2.45, 2.75) is 25.1 Å². The molecule has 0 unspecified atom stereocenters. The molecule has 0 fully saturated rings. The van der Waals surface area contributed by atoms with Crippen LogP contribution in [-0.4, -0.2) is 28.1 Å². The molecular formula is C18H16Cl2N2O2S. The van der Waals surface area contributed by atoms with Crippen molar-refractivity contribution >= 4 is 34.5 Å². The van der Waals surface area contributed by atoms with Crippen LogP contribution in [0.2, 0.25) is 10.0 Å². The maximum atomic E-state index is 10.5. The molecule has 2 aromatic heterocycles. The van der Waals surface area contributed by atoms with Crippen LogP contribution < -0.4 is 0 Å². The van der Waals surface area contributed by atoms with Crippen molar-refractivity contribution in [3.05, 3.63) is 62.8 Å². The highest BCUT2D eigenvalue weighted by Gasteiger charge is 2.36. The van der Waals surface area contributed by atoms with Gasteiger partial charge in [0.05, 0.1) is 22.7 Å². The summed E-state index contributed by atoms with van der Waals surface area (Å²) in [6.07, 6.45) is 1.66. The molecule has 4 rings (SSSR count). The summed E-state index contributed by atoms with van der Waals surface area (Å²) in [6, 6.07) is 7.38. The predicted molar refractivity (Wildman–Crippen MR) is 100 cm³/mol. The number of hydrogen-bond acceptors (Lipinski definition) is 5. The van der Waals surface area contributed by atoms with Crippen molar-refractivity contribution in [1.82, 2.24) is 9.88 Å². The van der Waals surface area contributed by atoms with E-state index in [-0.39, 0.29) is 6.04 Å². The van der Waals surface area contributed by atoms with E-state index in [0.29, 0.717) is 28.9 Å². The van der Waals surface area contributed by atoms with E-state index in [2.05, 4.69) is 9.88 Å². The normalized spacial score (nSPS) is 19.6. The van der Waals surface area contributed by atoms with Crippen LogP contribution in [0.15, 0.2) is 40.3 Å². The lowest BCUT2D eigenvalue weighted by Crippen LogP contribution is -2.30. The number of fused-ring (bicyclic) bond motifs is 1. The van der Waals surface area contributed by atoms with Crippen molar-refractivity contribution in [2.75, 3.05) is 7.05 Å². The van der Waals surface area contributed by atoms with Gasteiger partial charge in [-0.25, -0.2) is 4.98 Å². The van der Waals surface area contributed by atoms with Gasteiger partial charge in [0.25, 0.3) is 0 Å². The van der Waals surface area contributed by atoms with Crippen LogP contribution >= 0.6 is 34.5 Å². The molecule has 0 saturated carbocycles. The number of thiophene rings is 1. The van der Waals surface area contributed by atoms with Crippen molar-refractivity contribution in [2.24, 2.45) is 0 Å². The summed E-state index contributed by atoms with van der Waals surface area (Å²) in [5.74, 6) is 0.622. The lowest BCUT2D eigenvalue weighted by Gasteiger charge is -2.27. The molecule has 0 spiro atoms. The highest BCUT2D eigenvalue weighted by molar-refractivity contribution is 7.13. The van der Waals surface area contributed by atoms with Crippen LogP contribution in [0, 0.1) is 0 Å². The Hall–Kier alpha value is -1.37. The Morgan fingerprint density at radius 1 is 1.40 bits per heavy atom. The molecule has 0 aliphatic heterocycles. The lowest BCUT2D eigenvalue weighted by molar-refractivity contribution is 0.0718. The fourth-order valence-corrected chi connectivity index (χ4v) is 4.65. The van der Waals surface area contributed by atoms with Gasteiger partial charge in [-0.05, 0) is 41.8 Å². The quantitative estimate of drug-likeness (QED) is 0.690. The Morgan fingerprint density at radius 3 is 3.00 bits per heavy atom. The third-order valence-electron chi connectivity index (χ3n) is 4.46. The van der Waals surface area contributed by atoms with Gasteiger partial charge >= 0.3 is 0 Å². The number of aliphatic hydroxyl groups is 1. The zero-order valence-corrected chi connectivity index (χ0v) is 15.8. The summed E-state index contributed by atoms with van der Waals surface area (Å²) in [6.45, 7) is 0.556. The van der Waals surface area contributed by atoms with E-state index in [1.54, 1.807) is 23.7 Å². The van der Waals surface area contributed by atoms with E-state index in [1.807, 2.05) is 30.6 Å². The minimum atomic E-state index is -0.528. The topological polar surface area (TPSA) is 49.5 Å². The largest absolute Gasteiger partial charge is 0.444 e. The standard InChI is InChI=1S/C18H16Cl2N2O2S/c1-22(8-11-9-24-18(21-11)16-3-2-4-25-16)17-13-5-10(19)6-14(20)12(13)7-15(17)23/h2-6,9,15,17,23H,7-8H2,1H3/t15-,17+/m0/s1. The first-order valence-electron chi connectivity index (χ1n) is 7.87. The second-order valence-electron chi connectivity index (χ2n) is 6.21. The van der Waals surface area contributed by atoms with Crippen LogP contribution in [-0.2, 0) is 13.0 Å². The zero-order valence-electron chi connectivity index (χ0n) is 13.4. The van der Waals surface area contributed by atoms with Gasteiger partial charge in [-0.3, -0.25) is 4.90 Å². The van der Waals surface area contributed by atoms with E-state index in [9.17, 15) is 5.11 Å².